The van der Waals surface area contributed by atoms with Gasteiger partial charge in [0.05, 0.1) is 22.2 Å². The highest BCUT2D eigenvalue weighted by Crippen LogP contribution is 2.23. The number of sulfonamides is 1. The number of aryl methyl sites for hydroxylation is 1. The monoisotopic (exact) mass is 351 g/mol. The third-order valence-electron chi connectivity index (χ3n) is 2.63. The van der Waals surface area contributed by atoms with E-state index in [9.17, 15) is 8.42 Å². The minimum Gasteiger partial charge on any atom is -0.277 e. The molecule has 2 aromatic rings. The summed E-state index contributed by atoms with van der Waals surface area (Å²) >= 11 is 3.18. The van der Waals surface area contributed by atoms with Crippen LogP contribution in [0.15, 0.2) is 46.0 Å². The molecule has 1 aromatic carbocycles. The third kappa shape index (κ3) is 2.98. The molecule has 7 heteroatoms. The SMILES string of the molecule is Cc1cc(S(=O)(=O)Nc2cccnc2Br)ccc1C#N. The molecule has 1 aromatic heterocycles. The number of aromatic nitrogens is 1. The van der Waals surface area contributed by atoms with Crippen molar-refractivity contribution in [2.75, 3.05) is 4.72 Å². The first-order chi connectivity index (χ1) is 9.44. The molecule has 102 valence electrons. The maximum Gasteiger partial charge on any atom is 0.261 e. The van der Waals surface area contributed by atoms with Crippen molar-refractivity contribution in [1.29, 1.82) is 5.26 Å². The van der Waals surface area contributed by atoms with Gasteiger partial charge in [0.25, 0.3) is 10.0 Å². The topological polar surface area (TPSA) is 82.8 Å². The molecule has 0 spiro atoms. The molecule has 0 radical (unpaired) electrons. The fraction of sp³-hybridized carbons (Fsp3) is 0.0769. The van der Waals surface area contributed by atoms with Gasteiger partial charge in [-0.3, -0.25) is 4.72 Å². The summed E-state index contributed by atoms with van der Waals surface area (Å²) in [7, 11) is -3.71. The van der Waals surface area contributed by atoms with Gasteiger partial charge in [-0.05, 0) is 58.7 Å². The molecule has 1 N–H and O–H groups in total. The van der Waals surface area contributed by atoms with E-state index >= 15 is 0 Å². The Labute approximate surface area is 125 Å². The van der Waals surface area contributed by atoms with E-state index in [2.05, 4.69) is 25.6 Å². The van der Waals surface area contributed by atoms with Gasteiger partial charge in [0.2, 0.25) is 0 Å². The van der Waals surface area contributed by atoms with Crippen LogP contribution in [-0.2, 0) is 10.0 Å². The Hall–Kier alpha value is -1.91. The van der Waals surface area contributed by atoms with Crippen LogP contribution >= 0.6 is 15.9 Å². The first-order valence-corrected chi connectivity index (χ1v) is 7.86. The molecule has 0 saturated carbocycles. The number of nitriles is 1. The molecular weight excluding hydrogens is 342 g/mol. The molecule has 2 rings (SSSR count). The molecule has 0 aliphatic carbocycles. The molecule has 5 nitrogen and oxygen atoms in total. The zero-order valence-electron chi connectivity index (χ0n) is 10.5. The van der Waals surface area contributed by atoms with Crippen molar-refractivity contribution in [2.45, 2.75) is 11.8 Å². The maximum absolute atomic E-state index is 12.3. The highest BCUT2D eigenvalue weighted by molar-refractivity contribution is 9.10. The summed E-state index contributed by atoms with van der Waals surface area (Å²) in [6.45, 7) is 1.69. The Morgan fingerprint density at radius 3 is 2.70 bits per heavy atom. The standard InChI is InChI=1S/C13H10BrN3O2S/c1-9-7-11(5-4-10(9)8-15)20(18,19)17-12-3-2-6-16-13(12)14/h2-7,17H,1H3. The lowest BCUT2D eigenvalue weighted by atomic mass is 10.1. The second-order valence-corrected chi connectivity index (χ2v) is 6.47. The zero-order chi connectivity index (χ0) is 14.8. The average Bonchev–Trinajstić information content (AvgIpc) is 2.41. The van der Waals surface area contributed by atoms with E-state index in [1.807, 2.05) is 6.07 Å². The molecule has 0 fully saturated rings. The normalized spacial score (nSPS) is 10.8. The van der Waals surface area contributed by atoms with Crippen LogP contribution in [-0.4, -0.2) is 13.4 Å². The Balaban J connectivity index is 2.39. The molecule has 0 aliphatic rings. The van der Waals surface area contributed by atoms with Crippen LogP contribution in [0, 0.1) is 18.3 Å². The van der Waals surface area contributed by atoms with Gasteiger partial charge in [0.15, 0.2) is 0 Å². The minimum atomic E-state index is -3.71. The lowest BCUT2D eigenvalue weighted by Gasteiger charge is -2.10. The Morgan fingerprint density at radius 2 is 2.10 bits per heavy atom. The highest BCUT2D eigenvalue weighted by Gasteiger charge is 2.16. The summed E-state index contributed by atoms with van der Waals surface area (Å²) in [6, 6.07) is 9.59. The lowest BCUT2D eigenvalue weighted by Crippen LogP contribution is -2.13. The maximum atomic E-state index is 12.3. The van der Waals surface area contributed by atoms with Crippen LogP contribution in [0.2, 0.25) is 0 Å². The summed E-state index contributed by atoms with van der Waals surface area (Å²) in [4.78, 5) is 4.05. The van der Waals surface area contributed by atoms with Crippen LogP contribution < -0.4 is 4.72 Å². The number of hydrogen-bond donors (Lipinski definition) is 1. The number of rotatable bonds is 3. The van der Waals surface area contributed by atoms with Crippen molar-refractivity contribution in [1.82, 2.24) is 4.98 Å². The van der Waals surface area contributed by atoms with Crippen molar-refractivity contribution in [2.24, 2.45) is 0 Å². The van der Waals surface area contributed by atoms with Crippen molar-refractivity contribution >= 4 is 31.6 Å². The Bertz CT molecular complexity index is 798. The van der Waals surface area contributed by atoms with Gasteiger partial charge in [-0.1, -0.05) is 0 Å². The van der Waals surface area contributed by atoms with Gasteiger partial charge < -0.3 is 0 Å². The number of nitrogens with one attached hydrogen (secondary N) is 1. The van der Waals surface area contributed by atoms with E-state index in [0.717, 1.165) is 0 Å². The number of halogens is 1. The molecule has 1 heterocycles. The van der Waals surface area contributed by atoms with E-state index in [4.69, 9.17) is 5.26 Å². The van der Waals surface area contributed by atoms with Crippen molar-refractivity contribution in [3.05, 3.63) is 52.3 Å². The number of pyridine rings is 1. The lowest BCUT2D eigenvalue weighted by molar-refractivity contribution is 0.601. The highest BCUT2D eigenvalue weighted by atomic mass is 79.9. The molecule has 0 amide bonds. The molecular formula is C13H10BrN3O2S. The summed E-state index contributed by atoms with van der Waals surface area (Å²) in [5.74, 6) is 0. The predicted octanol–water partition coefficient (Wildman–Crippen LogP) is 2.83. The summed E-state index contributed by atoms with van der Waals surface area (Å²) in [5.41, 5.74) is 1.42. The Kier molecular flexibility index (Phi) is 4.06. The van der Waals surface area contributed by atoms with Crippen LogP contribution in [0.4, 0.5) is 5.69 Å². The number of hydrogen-bond acceptors (Lipinski definition) is 4. The fourth-order valence-corrected chi connectivity index (χ4v) is 3.23. The molecule has 0 unspecified atom stereocenters. The second-order valence-electron chi connectivity index (χ2n) is 4.04. The van der Waals surface area contributed by atoms with Gasteiger partial charge >= 0.3 is 0 Å². The Morgan fingerprint density at radius 1 is 1.35 bits per heavy atom. The van der Waals surface area contributed by atoms with E-state index in [0.29, 0.717) is 21.4 Å². The van der Waals surface area contributed by atoms with Crippen LogP contribution in [0.5, 0.6) is 0 Å². The van der Waals surface area contributed by atoms with Crippen molar-refractivity contribution < 1.29 is 8.42 Å². The smallest absolute Gasteiger partial charge is 0.261 e. The average molecular weight is 352 g/mol. The van der Waals surface area contributed by atoms with Gasteiger partial charge in [0, 0.05) is 6.20 Å². The minimum absolute atomic E-state index is 0.102. The molecule has 0 atom stereocenters. The molecule has 0 aliphatic heterocycles. The van der Waals surface area contributed by atoms with E-state index < -0.39 is 10.0 Å². The number of nitrogens with zero attached hydrogens (tertiary/aromatic N) is 2. The zero-order valence-corrected chi connectivity index (χ0v) is 12.9. The first kappa shape index (κ1) is 14.5. The van der Waals surface area contributed by atoms with Crippen molar-refractivity contribution in [3.63, 3.8) is 0 Å². The molecule has 0 bridgehead atoms. The number of anilines is 1. The largest absolute Gasteiger partial charge is 0.277 e. The number of benzene rings is 1. The van der Waals surface area contributed by atoms with Gasteiger partial charge in [0.1, 0.15) is 4.60 Å². The van der Waals surface area contributed by atoms with Gasteiger partial charge in [-0.15, -0.1) is 0 Å². The third-order valence-corrected chi connectivity index (χ3v) is 4.63. The van der Waals surface area contributed by atoms with Gasteiger partial charge in [-0.2, -0.15) is 5.26 Å². The van der Waals surface area contributed by atoms with Crippen molar-refractivity contribution in [3.8, 4) is 6.07 Å². The predicted molar refractivity (Wildman–Crippen MR) is 78.6 cm³/mol. The van der Waals surface area contributed by atoms with E-state index in [1.54, 1.807) is 25.3 Å². The molecule has 0 saturated heterocycles. The van der Waals surface area contributed by atoms with Crippen LogP contribution in [0.25, 0.3) is 0 Å². The van der Waals surface area contributed by atoms with Crippen LogP contribution in [0.3, 0.4) is 0 Å². The summed E-state index contributed by atoms with van der Waals surface area (Å²) < 4.78 is 27.4. The van der Waals surface area contributed by atoms with E-state index in [-0.39, 0.29) is 4.90 Å². The summed E-state index contributed by atoms with van der Waals surface area (Å²) in [5, 5.41) is 8.85. The molecule has 20 heavy (non-hydrogen) atoms. The first-order valence-electron chi connectivity index (χ1n) is 5.58. The van der Waals surface area contributed by atoms with Gasteiger partial charge in [-0.25, -0.2) is 13.4 Å². The second kappa shape index (κ2) is 5.61. The fourth-order valence-electron chi connectivity index (χ4n) is 1.59. The quantitative estimate of drug-likeness (QED) is 0.861. The summed E-state index contributed by atoms with van der Waals surface area (Å²) in [6.07, 6.45) is 1.55. The van der Waals surface area contributed by atoms with Crippen LogP contribution in [0.1, 0.15) is 11.1 Å². The van der Waals surface area contributed by atoms with E-state index in [1.165, 1.54) is 18.2 Å².